The molecule has 0 bridgehead atoms. The van der Waals surface area contributed by atoms with E-state index in [9.17, 15) is 0 Å². The van der Waals surface area contributed by atoms with Gasteiger partial charge >= 0.3 is 37.7 Å². The number of hydrogen-bond donors (Lipinski definition) is 0. The zero-order chi connectivity index (χ0) is 0. The van der Waals surface area contributed by atoms with E-state index < -0.39 is 0 Å². The van der Waals surface area contributed by atoms with Crippen LogP contribution in [-0.4, -0.2) is 65.1 Å². The first-order valence-electron chi connectivity index (χ1n) is 0. The molecule has 0 aliphatic carbocycles. The molecule has 0 aliphatic rings. The summed E-state index contributed by atoms with van der Waals surface area (Å²) < 4.78 is 0. The molecule has 0 aliphatic heterocycles. The Balaban J connectivity index is 0. The van der Waals surface area contributed by atoms with Crippen molar-refractivity contribution in [2.45, 2.75) is 0 Å². The molecule has 0 aromatic carbocycles. The maximum atomic E-state index is 0. The predicted molar refractivity (Wildman–Crippen MR) is 32.4 cm³/mol. The molecule has 5 nitrogen and oxygen atoms in total. The molecule has 0 radical (unpaired) electrons. The van der Waals surface area contributed by atoms with Crippen LogP contribution in [0.15, 0.2) is 0 Å². The van der Waals surface area contributed by atoms with Gasteiger partial charge < -0.3 is 27.4 Å². The van der Waals surface area contributed by atoms with Gasteiger partial charge in [-0.15, -0.1) is 0 Å². The smallest absolute Gasteiger partial charge is 0 e. The van der Waals surface area contributed by atoms with Gasteiger partial charge in [0.25, 0.3) is 0 Å². The third kappa shape index (κ3) is 121. The van der Waals surface area contributed by atoms with E-state index in [-0.39, 0.29) is 86.2 Å². The Morgan fingerprint density at radius 2 is 0.375 bits per heavy atom. The second-order valence-corrected chi connectivity index (χ2v) is 0. The van der Waals surface area contributed by atoms with Crippen LogP contribution in [0.4, 0.5) is 0 Å². The minimum absolute atomic E-state index is 0. The largest absolute Gasteiger partial charge is 0 e. The van der Waals surface area contributed by atoms with E-state index in [0.29, 0.717) is 0 Å². The summed E-state index contributed by atoms with van der Waals surface area (Å²) in [5.41, 5.74) is 0. The standard InChI is InChI=1S/2Li.Mo.5H2O.2H/h;;;5*1H2;;. The summed E-state index contributed by atoms with van der Waals surface area (Å²) in [6, 6.07) is 0. The van der Waals surface area contributed by atoms with Gasteiger partial charge in [-0.3, -0.25) is 0 Å². The molecular weight excluding hydrogens is 190 g/mol. The van der Waals surface area contributed by atoms with Gasteiger partial charge in [-0.05, 0) is 0 Å². The number of rotatable bonds is 0. The predicted octanol–water partition coefficient (Wildman–Crippen LogP) is -5.42. The summed E-state index contributed by atoms with van der Waals surface area (Å²) >= 11 is 0. The average Bonchev–Trinajstić information content (AvgIpc) is 0. The fourth-order valence-electron chi connectivity index (χ4n) is 0. The monoisotopic (exact) mass is 204 g/mol. The van der Waals surface area contributed by atoms with Crippen molar-refractivity contribution in [3.05, 3.63) is 0 Å². The van der Waals surface area contributed by atoms with Gasteiger partial charge in [-0.2, -0.15) is 0 Å². The molecule has 0 rings (SSSR count). The van der Waals surface area contributed by atoms with Crippen molar-refractivity contribution in [3.8, 4) is 0 Å². The van der Waals surface area contributed by atoms with Gasteiger partial charge in [0.15, 0.2) is 0 Å². The van der Waals surface area contributed by atoms with Crippen LogP contribution in [0.2, 0.25) is 0 Å². The van der Waals surface area contributed by atoms with Crippen LogP contribution in [-0.2, 0) is 21.1 Å². The van der Waals surface area contributed by atoms with E-state index in [0.717, 1.165) is 0 Å². The SMILES string of the molecule is O.O.O.O.O.[LiH].[LiH].[Mo]. The second-order valence-electron chi connectivity index (χ2n) is 0. The molecule has 0 amide bonds. The van der Waals surface area contributed by atoms with Crippen LogP contribution < -0.4 is 0 Å². The van der Waals surface area contributed by atoms with E-state index in [1.54, 1.807) is 0 Å². The van der Waals surface area contributed by atoms with Crippen molar-refractivity contribution < 1.29 is 48.4 Å². The van der Waals surface area contributed by atoms with Crippen LogP contribution in [0, 0.1) is 0 Å². The summed E-state index contributed by atoms with van der Waals surface area (Å²) in [6.07, 6.45) is 0. The van der Waals surface area contributed by atoms with E-state index >= 15 is 0 Å². The quantitative estimate of drug-likeness (QED) is 0.343. The van der Waals surface area contributed by atoms with E-state index in [1.165, 1.54) is 0 Å². The molecule has 0 saturated heterocycles. The van der Waals surface area contributed by atoms with Crippen molar-refractivity contribution in [2.75, 3.05) is 0 Å². The molecular formula is H12Li2MoO5. The topological polar surface area (TPSA) is 158 Å². The van der Waals surface area contributed by atoms with Crippen LogP contribution in [0.1, 0.15) is 0 Å². The van der Waals surface area contributed by atoms with Gasteiger partial charge in [0.05, 0.1) is 0 Å². The maximum Gasteiger partial charge on any atom is 0 e. The maximum absolute atomic E-state index is 0. The fraction of sp³-hybridized carbons (Fsp3) is 0. The summed E-state index contributed by atoms with van der Waals surface area (Å²) in [6.45, 7) is 0. The third-order valence-electron chi connectivity index (χ3n) is 0. The first-order valence-corrected chi connectivity index (χ1v) is 0. The Labute approximate surface area is 85.8 Å². The van der Waals surface area contributed by atoms with E-state index in [4.69, 9.17) is 0 Å². The molecule has 0 heterocycles. The molecule has 0 unspecified atom stereocenters. The minimum Gasteiger partial charge on any atom is 0 e. The number of hydrogen-bond acceptors (Lipinski definition) is 0. The molecule has 0 spiro atoms. The summed E-state index contributed by atoms with van der Waals surface area (Å²) in [5.74, 6) is 0. The average molecular weight is 202 g/mol. The molecule has 0 atom stereocenters. The summed E-state index contributed by atoms with van der Waals surface area (Å²) in [5, 5.41) is 0. The van der Waals surface area contributed by atoms with Crippen LogP contribution >= 0.6 is 0 Å². The molecule has 0 fully saturated rings. The van der Waals surface area contributed by atoms with Gasteiger partial charge in [0.1, 0.15) is 0 Å². The Kier molecular flexibility index (Phi) is 5830. The van der Waals surface area contributed by atoms with Crippen molar-refractivity contribution in [2.24, 2.45) is 0 Å². The zero-order valence-corrected chi connectivity index (χ0v) is 4.92. The Bertz CT molecular complexity index is 10.4. The molecule has 0 aromatic heterocycles. The fourth-order valence-corrected chi connectivity index (χ4v) is 0. The zero-order valence-electron chi connectivity index (χ0n) is 2.91. The molecule has 50 valence electrons. The second kappa shape index (κ2) is 181. The van der Waals surface area contributed by atoms with Crippen LogP contribution in [0.5, 0.6) is 0 Å². The minimum atomic E-state index is 0. The van der Waals surface area contributed by atoms with Crippen LogP contribution in [0.3, 0.4) is 0 Å². The van der Waals surface area contributed by atoms with Gasteiger partial charge in [0, 0.05) is 21.1 Å². The Morgan fingerprint density at radius 1 is 0.375 bits per heavy atom. The van der Waals surface area contributed by atoms with Gasteiger partial charge in [0.2, 0.25) is 0 Å². The van der Waals surface area contributed by atoms with Crippen molar-refractivity contribution in [3.63, 3.8) is 0 Å². The van der Waals surface area contributed by atoms with E-state index in [2.05, 4.69) is 0 Å². The van der Waals surface area contributed by atoms with Gasteiger partial charge in [-0.1, -0.05) is 0 Å². The normalized spacial score (nSPS) is 0. The van der Waals surface area contributed by atoms with Crippen molar-refractivity contribution in [1.82, 2.24) is 0 Å². The Hall–Kier alpha value is 1.68. The molecule has 8 heteroatoms. The van der Waals surface area contributed by atoms with Crippen molar-refractivity contribution in [1.29, 1.82) is 0 Å². The third-order valence-corrected chi connectivity index (χ3v) is 0. The van der Waals surface area contributed by atoms with E-state index in [1.807, 2.05) is 0 Å². The molecule has 8 heavy (non-hydrogen) atoms. The van der Waals surface area contributed by atoms with Crippen molar-refractivity contribution >= 4 is 37.7 Å². The first kappa shape index (κ1) is 258. The summed E-state index contributed by atoms with van der Waals surface area (Å²) in [4.78, 5) is 0. The molecule has 0 saturated carbocycles. The summed E-state index contributed by atoms with van der Waals surface area (Å²) in [7, 11) is 0. The molecule has 10 N–H and O–H groups in total. The Morgan fingerprint density at radius 3 is 0.375 bits per heavy atom. The first-order chi connectivity index (χ1) is 0. The van der Waals surface area contributed by atoms with Crippen LogP contribution in [0.25, 0.3) is 0 Å². The van der Waals surface area contributed by atoms with Gasteiger partial charge in [-0.25, -0.2) is 0 Å². The molecule has 0 aromatic rings.